The van der Waals surface area contributed by atoms with Crippen LogP contribution in [0.25, 0.3) is 5.57 Å². The molecule has 1 aromatic heterocycles. The van der Waals surface area contributed by atoms with E-state index in [-0.39, 0.29) is 0 Å². The highest BCUT2D eigenvalue weighted by atomic mass is 32.1. The molecule has 14 heavy (non-hydrogen) atoms. The summed E-state index contributed by atoms with van der Waals surface area (Å²) < 4.78 is 0.821. The highest BCUT2D eigenvalue weighted by Crippen LogP contribution is 2.28. The zero-order chi connectivity index (χ0) is 9.97. The summed E-state index contributed by atoms with van der Waals surface area (Å²) in [6.45, 7) is 2.31. The van der Waals surface area contributed by atoms with Crippen LogP contribution >= 0.6 is 12.2 Å². The summed E-state index contributed by atoms with van der Waals surface area (Å²) in [7, 11) is 0. The number of rotatable bonds is 1. The summed E-state index contributed by atoms with van der Waals surface area (Å²) >= 11 is 5.11. The van der Waals surface area contributed by atoms with Crippen LogP contribution in [0.2, 0.25) is 0 Å². The molecular weight excluding hydrogens is 190 g/mol. The van der Waals surface area contributed by atoms with Crippen molar-refractivity contribution in [1.29, 1.82) is 0 Å². The van der Waals surface area contributed by atoms with Gasteiger partial charge in [-0.25, -0.2) is 0 Å². The highest BCUT2D eigenvalue weighted by Gasteiger charge is 2.11. The topological polar surface area (TPSA) is 15.8 Å². The molecule has 1 atom stereocenters. The van der Waals surface area contributed by atoms with Crippen molar-refractivity contribution in [2.24, 2.45) is 5.92 Å². The number of H-pyrrole nitrogens is 1. The fourth-order valence-electron chi connectivity index (χ4n) is 1.84. The van der Waals surface area contributed by atoms with Gasteiger partial charge >= 0.3 is 0 Å². The molecule has 0 fully saturated rings. The monoisotopic (exact) mass is 205 g/mol. The van der Waals surface area contributed by atoms with Crippen LogP contribution in [-0.2, 0) is 0 Å². The maximum absolute atomic E-state index is 5.11. The molecule has 0 aliphatic heterocycles. The minimum Gasteiger partial charge on any atom is -0.346 e. The van der Waals surface area contributed by atoms with E-state index >= 15 is 0 Å². The number of hydrogen-bond acceptors (Lipinski definition) is 1. The summed E-state index contributed by atoms with van der Waals surface area (Å²) in [6.07, 6.45) is 6.01. The van der Waals surface area contributed by atoms with Gasteiger partial charge in [-0.3, -0.25) is 0 Å². The molecule has 0 spiro atoms. The molecular formula is C12H15NS. The Morgan fingerprint density at radius 1 is 1.43 bits per heavy atom. The molecule has 2 rings (SSSR count). The number of aromatic amines is 1. The summed E-state index contributed by atoms with van der Waals surface area (Å²) in [5.74, 6) is 0.838. The summed E-state index contributed by atoms with van der Waals surface area (Å²) in [6, 6.07) is 6.05. The number of nitrogens with one attached hydrogen (secondary N) is 1. The van der Waals surface area contributed by atoms with E-state index < -0.39 is 0 Å². The fraction of sp³-hybridized carbons (Fsp3) is 0.417. The lowest BCUT2D eigenvalue weighted by atomic mass is 9.89. The van der Waals surface area contributed by atoms with Gasteiger partial charge in [-0.2, -0.15) is 0 Å². The van der Waals surface area contributed by atoms with Gasteiger partial charge in [0.15, 0.2) is 0 Å². The van der Waals surface area contributed by atoms with Gasteiger partial charge in [-0.15, -0.1) is 0 Å². The molecule has 2 heteroatoms. The molecule has 1 nitrogen and oxygen atoms in total. The molecule has 1 aliphatic carbocycles. The van der Waals surface area contributed by atoms with Gasteiger partial charge < -0.3 is 4.98 Å². The van der Waals surface area contributed by atoms with E-state index in [0.717, 1.165) is 10.6 Å². The van der Waals surface area contributed by atoms with Gasteiger partial charge in [0.25, 0.3) is 0 Å². The second kappa shape index (κ2) is 4.09. The zero-order valence-corrected chi connectivity index (χ0v) is 9.23. The molecule has 0 saturated carbocycles. The van der Waals surface area contributed by atoms with Crippen LogP contribution in [0.15, 0.2) is 24.3 Å². The van der Waals surface area contributed by atoms with Gasteiger partial charge in [-0.05, 0) is 42.9 Å². The lowest BCUT2D eigenvalue weighted by molar-refractivity contribution is 0.533. The first-order chi connectivity index (χ1) is 6.75. The Morgan fingerprint density at radius 2 is 2.29 bits per heavy atom. The molecule has 74 valence electrons. The Hall–Kier alpha value is -0.890. The Labute approximate surface area is 89.9 Å². The molecule has 0 aromatic carbocycles. The van der Waals surface area contributed by atoms with Crippen LogP contribution in [-0.4, -0.2) is 4.98 Å². The standard InChI is InChI=1S/C12H15NS/c1-9-5-7-10(8-6-9)11-3-2-4-12(14)13-11/h2-4,7,9H,5-6,8H2,1H3,(H,13,14). The first-order valence-electron chi connectivity index (χ1n) is 5.14. The van der Waals surface area contributed by atoms with Crippen molar-refractivity contribution in [1.82, 2.24) is 4.98 Å². The number of aromatic nitrogens is 1. The fourth-order valence-corrected chi connectivity index (χ4v) is 2.03. The Balaban J connectivity index is 2.28. The van der Waals surface area contributed by atoms with Crippen LogP contribution < -0.4 is 0 Å². The van der Waals surface area contributed by atoms with Crippen LogP contribution in [0.3, 0.4) is 0 Å². The number of hydrogen-bond donors (Lipinski definition) is 1. The minimum atomic E-state index is 0.821. The van der Waals surface area contributed by atoms with E-state index in [1.165, 1.54) is 30.5 Å². The molecule has 0 bridgehead atoms. The van der Waals surface area contributed by atoms with Crippen molar-refractivity contribution in [2.45, 2.75) is 26.2 Å². The maximum atomic E-state index is 5.11. The lowest BCUT2D eigenvalue weighted by Gasteiger charge is -2.18. The minimum absolute atomic E-state index is 0.821. The molecule has 1 heterocycles. The van der Waals surface area contributed by atoms with Crippen LogP contribution in [0.5, 0.6) is 0 Å². The average Bonchev–Trinajstić information content (AvgIpc) is 2.19. The molecule has 1 aliphatic rings. The van der Waals surface area contributed by atoms with E-state index in [1.54, 1.807) is 0 Å². The Morgan fingerprint density at radius 3 is 2.93 bits per heavy atom. The van der Waals surface area contributed by atoms with E-state index in [4.69, 9.17) is 12.2 Å². The number of allylic oxidation sites excluding steroid dienone is 2. The molecule has 0 radical (unpaired) electrons. The Bertz CT molecular complexity index is 403. The summed E-state index contributed by atoms with van der Waals surface area (Å²) in [4.78, 5) is 3.24. The number of pyridine rings is 1. The molecule has 0 saturated heterocycles. The lowest BCUT2D eigenvalue weighted by Crippen LogP contribution is -2.01. The van der Waals surface area contributed by atoms with Crippen molar-refractivity contribution in [2.75, 3.05) is 0 Å². The van der Waals surface area contributed by atoms with Crippen molar-refractivity contribution in [3.63, 3.8) is 0 Å². The predicted molar refractivity (Wildman–Crippen MR) is 62.6 cm³/mol. The SMILES string of the molecule is CC1CC=C(c2cccc(=S)[nH]2)CC1. The third-order valence-electron chi connectivity index (χ3n) is 2.79. The van der Waals surface area contributed by atoms with E-state index in [0.29, 0.717) is 0 Å². The normalized spacial score (nSPS) is 21.8. The van der Waals surface area contributed by atoms with E-state index in [2.05, 4.69) is 24.1 Å². The second-order valence-corrected chi connectivity index (χ2v) is 4.48. The van der Waals surface area contributed by atoms with Gasteiger partial charge in [0.1, 0.15) is 4.64 Å². The summed E-state index contributed by atoms with van der Waals surface area (Å²) in [5.41, 5.74) is 2.62. The molecule has 1 aromatic rings. The first kappa shape index (κ1) is 9.66. The molecule has 0 amide bonds. The van der Waals surface area contributed by atoms with Gasteiger partial charge in [0.05, 0.1) is 0 Å². The quantitative estimate of drug-likeness (QED) is 0.686. The van der Waals surface area contributed by atoms with E-state index in [1.807, 2.05) is 12.1 Å². The third kappa shape index (κ3) is 2.13. The van der Waals surface area contributed by atoms with Crippen molar-refractivity contribution in [3.05, 3.63) is 34.6 Å². The van der Waals surface area contributed by atoms with Gasteiger partial charge in [0.2, 0.25) is 0 Å². The zero-order valence-electron chi connectivity index (χ0n) is 8.42. The van der Waals surface area contributed by atoms with Crippen molar-refractivity contribution < 1.29 is 0 Å². The van der Waals surface area contributed by atoms with Gasteiger partial charge in [-0.1, -0.05) is 31.3 Å². The largest absolute Gasteiger partial charge is 0.346 e. The van der Waals surface area contributed by atoms with Crippen LogP contribution in [0.4, 0.5) is 0 Å². The second-order valence-electron chi connectivity index (χ2n) is 4.04. The Kier molecular flexibility index (Phi) is 2.82. The molecule has 1 N–H and O–H groups in total. The smallest absolute Gasteiger partial charge is 0.103 e. The predicted octanol–water partition coefficient (Wildman–Crippen LogP) is 3.95. The third-order valence-corrected chi connectivity index (χ3v) is 3.03. The molecule has 1 unspecified atom stereocenters. The van der Waals surface area contributed by atoms with Crippen molar-refractivity contribution in [3.8, 4) is 0 Å². The first-order valence-corrected chi connectivity index (χ1v) is 5.55. The van der Waals surface area contributed by atoms with Gasteiger partial charge in [0, 0.05) is 5.69 Å². The highest BCUT2D eigenvalue weighted by molar-refractivity contribution is 7.71. The van der Waals surface area contributed by atoms with Crippen molar-refractivity contribution >= 4 is 17.8 Å². The maximum Gasteiger partial charge on any atom is 0.103 e. The van der Waals surface area contributed by atoms with Crippen LogP contribution in [0, 0.1) is 10.6 Å². The van der Waals surface area contributed by atoms with E-state index in [9.17, 15) is 0 Å². The average molecular weight is 205 g/mol. The van der Waals surface area contributed by atoms with Crippen LogP contribution in [0.1, 0.15) is 31.9 Å². The summed E-state index contributed by atoms with van der Waals surface area (Å²) in [5, 5.41) is 0.